The highest BCUT2D eigenvalue weighted by Crippen LogP contribution is 2.24. The smallest absolute Gasteiger partial charge is 0.227 e. The van der Waals surface area contributed by atoms with Crippen LogP contribution in [0.2, 0.25) is 5.02 Å². The van der Waals surface area contributed by atoms with E-state index in [0.29, 0.717) is 11.5 Å². The average Bonchev–Trinajstić information content (AvgIpc) is 2.33. The van der Waals surface area contributed by atoms with Gasteiger partial charge >= 0.3 is 0 Å². The summed E-state index contributed by atoms with van der Waals surface area (Å²) in [4.78, 5) is 2.28. The van der Waals surface area contributed by atoms with Crippen LogP contribution in [0.3, 0.4) is 0 Å². The second kappa shape index (κ2) is 4.97. The van der Waals surface area contributed by atoms with Crippen molar-refractivity contribution >= 4 is 23.1 Å². The zero-order valence-electron chi connectivity index (χ0n) is 8.98. The van der Waals surface area contributed by atoms with Crippen LogP contribution in [0, 0.1) is 16.2 Å². The summed E-state index contributed by atoms with van der Waals surface area (Å²) in [5.41, 5.74) is 0.454. The normalized spacial score (nSPS) is 10.1. The quantitative estimate of drug-likeness (QED) is 0.821. The molecule has 7 heteroatoms. The first-order chi connectivity index (χ1) is 8.56. The fraction of sp³-hybridized carbons (Fsp3) is 0. The van der Waals surface area contributed by atoms with Crippen molar-refractivity contribution in [1.82, 2.24) is 9.89 Å². The number of anilines is 2. The van der Waals surface area contributed by atoms with Gasteiger partial charge in [-0.1, -0.05) is 11.6 Å². The topological polar surface area (TPSA) is 76.9 Å². The zero-order valence-corrected chi connectivity index (χ0v) is 9.74. The molecule has 0 aliphatic carbocycles. The van der Waals surface area contributed by atoms with Crippen molar-refractivity contribution in [2.75, 3.05) is 5.32 Å². The Bertz CT molecular complexity index is 638. The molecule has 1 aromatic heterocycles. The van der Waals surface area contributed by atoms with Gasteiger partial charge in [0.1, 0.15) is 11.6 Å². The molecule has 0 spiro atoms. The lowest BCUT2D eigenvalue weighted by Gasteiger charge is -2.08. The summed E-state index contributed by atoms with van der Waals surface area (Å²) < 4.78 is 12.8. The first-order valence-electron chi connectivity index (χ1n) is 4.94. The van der Waals surface area contributed by atoms with E-state index in [-0.39, 0.29) is 10.4 Å². The van der Waals surface area contributed by atoms with E-state index in [1.54, 1.807) is 0 Å². The largest absolute Gasteiger partial charge is 0.612 e. The lowest BCUT2D eigenvalue weighted by molar-refractivity contribution is 0.628. The predicted molar refractivity (Wildman–Crippen MR) is 67.5 cm³/mol. The molecule has 0 saturated carbocycles. The zero-order chi connectivity index (χ0) is 13.1. The van der Waals surface area contributed by atoms with Gasteiger partial charge in [-0.05, 0) is 18.2 Å². The van der Waals surface area contributed by atoms with Gasteiger partial charge in [0, 0.05) is 12.3 Å². The van der Waals surface area contributed by atoms with Gasteiger partial charge in [-0.25, -0.2) is 4.39 Å². The maximum atomic E-state index is 12.8. The van der Waals surface area contributed by atoms with Crippen molar-refractivity contribution in [1.29, 1.82) is 0 Å². The number of rotatable bonds is 2. The number of hydrogen-bond donors (Lipinski definition) is 2. The molecule has 1 heterocycles. The summed E-state index contributed by atoms with van der Waals surface area (Å²) in [6.07, 6.45) is 1.43. The molecule has 0 radical (unpaired) electrons. The predicted octanol–water partition coefficient (Wildman–Crippen LogP) is 2.32. The van der Waals surface area contributed by atoms with Crippen molar-refractivity contribution in [3.05, 3.63) is 63.1 Å². The monoisotopic (exact) mass is 268 g/mol. The minimum atomic E-state index is -0.509. The Morgan fingerprint density at radius 3 is 2.67 bits per heavy atom. The van der Waals surface area contributed by atoms with Crippen LogP contribution < -0.4 is 15.6 Å². The minimum absolute atomic E-state index is 0.0607. The number of nitrogens with one attached hydrogen (secondary N) is 2. The van der Waals surface area contributed by atoms with Crippen molar-refractivity contribution in [2.24, 2.45) is 0 Å². The molecule has 0 aliphatic heterocycles. The summed E-state index contributed by atoms with van der Waals surface area (Å²) in [6, 6.07) is 6.49. The number of nitrogens with zero attached hydrogens (tertiary/aromatic N) is 1. The Morgan fingerprint density at radius 2 is 2.00 bits per heavy atom. The fourth-order valence-corrected chi connectivity index (χ4v) is 1.59. The molecule has 2 N–H and O–H groups in total. The maximum Gasteiger partial charge on any atom is 0.227 e. The molecule has 94 valence electrons. The first-order valence-corrected chi connectivity index (χ1v) is 5.32. The standard InChI is InChI=1S/C11H8ClFN3O2/c12-9-5-7(13)1-2-10(9)15-11-6-8(16(17)18)3-4-14-11/h1-6,14-15H/q-1. The number of aromatic nitrogens is 1. The summed E-state index contributed by atoms with van der Waals surface area (Å²) in [6.45, 7) is 0. The number of benzene rings is 1. The molecule has 18 heavy (non-hydrogen) atoms. The van der Waals surface area contributed by atoms with Crippen LogP contribution in [0.5, 0.6) is 0 Å². The molecule has 0 amide bonds. The number of hydrogen-bond acceptors (Lipinski definition) is 3. The van der Waals surface area contributed by atoms with E-state index < -0.39 is 10.7 Å². The molecule has 2 rings (SSSR count). The fourth-order valence-electron chi connectivity index (χ4n) is 1.38. The van der Waals surface area contributed by atoms with Gasteiger partial charge in [0.15, 0.2) is 0 Å². The number of aromatic amines is 1. The SMILES string of the molecule is [O-][N+]([O-])=c1cc[nH]c(Nc2ccc(F)cc2Cl)c1. The molecule has 0 unspecified atom stereocenters. The Kier molecular flexibility index (Phi) is 3.38. The molecule has 1 aromatic carbocycles. The highest BCUT2D eigenvalue weighted by molar-refractivity contribution is 6.33. The molecule has 5 nitrogen and oxygen atoms in total. The summed E-state index contributed by atoms with van der Waals surface area (Å²) in [7, 11) is 0. The van der Waals surface area contributed by atoms with Crippen molar-refractivity contribution in [2.45, 2.75) is 0 Å². The average molecular weight is 269 g/mol. The van der Waals surface area contributed by atoms with E-state index in [9.17, 15) is 14.8 Å². The number of pyridine rings is 1. The van der Waals surface area contributed by atoms with E-state index in [1.807, 2.05) is 0 Å². The third kappa shape index (κ3) is 2.72. The van der Waals surface area contributed by atoms with Gasteiger partial charge in [0.05, 0.1) is 16.8 Å². The summed E-state index contributed by atoms with van der Waals surface area (Å²) in [5, 5.41) is 24.2. The Labute approximate surface area is 106 Å². The van der Waals surface area contributed by atoms with Crippen molar-refractivity contribution in [3.8, 4) is 0 Å². The molecule has 0 bridgehead atoms. The Balaban J connectivity index is 2.34. The van der Waals surface area contributed by atoms with Crippen molar-refractivity contribution < 1.29 is 4.39 Å². The van der Waals surface area contributed by atoms with Gasteiger partial charge in [-0.15, -0.1) is 0 Å². The van der Waals surface area contributed by atoms with Crippen molar-refractivity contribution in [3.63, 3.8) is 0 Å². The van der Waals surface area contributed by atoms with E-state index in [4.69, 9.17) is 11.6 Å². The lowest BCUT2D eigenvalue weighted by Crippen LogP contribution is -2.18. The molecular weight excluding hydrogens is 261 g/mol. The van der Waals surface area contributed by atoms with E-state index in [2.05, 4.69) is 10.3 Å². The number of H-pyrrole nitrogens is 1. The summed E-state index contributed by atoms with van der Waals surface area (Å²) in [5.74, 6) is -0.0636. The third-order valence-corrected chi connectivity index (χ3v) is 2.51. The second-order valence-electron chi connectivity index (χ2n) is 3.47. The van der Waals surface area contributed by atoms with Crippen LogP contribution in [0.15, 0.2) is 36.5 Å². The molecule has 2 aromatic rings. The van der Waals surface area contributed by atoms with Gasteiger partial charge in [0.2, 0.25) is 5.36 Å². The molecule has 0 atom stereocenters. The van der Waals surface area contributed by atoms with Crippen LogP contribution in [0.25, 0.3) is 0 Å². The highest BCUT2D eigenvalue weighted by atomic mass is 35.5. The maximum absolute atomic E-state index is 12.8. The van der Waals surface area contributed by atoms with E-state index in [1.165, 1.54) is 30.5 Å². The van der Waals surface area contributed by atoms with Crippen LogP contribution >= 0.6 is 11.6 Å². The molecule has 0 fully saturated rings. The van der Waals surface area contributed by atoms with Gasteiger partial charge in [-0.3, -0.25) is 0 Å². The highest BCUT2D eigenvalue weighted by Gasteiger charge is 2.03. The van der Waals surface area contributed by atoms with Crippen LogP contribution in [0.4, 0.5) is 15.9 Å². The van der Waals surface area contributed by atoms with Gasteiger partial charge < -0.3 is 20.7 Å². The first kappa shape index (κ1) is 12.3. The van der Waals surface area contributed by atoms with Gasteiger partial charge in [-0.2, -0.15) is 4.90 Å². The Hall–Kier alpha value is -2.21. The lowest BCUT2D eigenvalue weighted by atomic mass is 10.3. The molecule has 0 saturated heterocycles. The van der Waals surface area contributed by atoms with Crippen LogP contribution in [-0.4, -0.2) is 4.98 Å². The molecule has 0 aliphatic rings. The number of halogens is 2. The van der Waals surface area contributed by atoms with Crippen LogP contribution in [-0.2, 0) is 0 Å². The summed E-state index contributed by atoms with van der Waals surface area (Å²) >= 11 is 5.83. The third-order valence-electron chi connectivity index (χ3n) is 2.20. The van der Waals surface area contributed by atoms with E-state index >= 15 is 0 Å². The minimum Gasteiger partial charge on any atom is -0.612 e. The van der Waals surface area contributed by atoms with Gasteiger partial charge in [0.25, 0.3) is 0 Å². The second-order valence-corrected chi connectivity index (χ2v) is 3.87. The van der Waals surface area contributed by atoms with E-state index in [0.717, 1.165) is 6.07 Å². The van der Waals surface area contributed by atoms with Crippen LogP contribution in [0.1, 0.15) is 0 Å². The Morgan fingerprint density at radius 1 is 1.22 bits per heavy atom. The molecular formula is C11H8ClFN3O2-.